The number of aliphatic carboxylic acids is 1. The Balaban J connectivity index is 2.40. The summed E-state index contributed by atoms with van der Waals surface area (Å²) >= 11 is 0. The van der Waals surface area contributed by atoms with E-state index in [1.165, 1.54) is 0 Å². The van der Waals surface area contributed by atoms with Crippen LogP contribution in [0.2, 0.25) is 0 Å². The molecule has 0 saturated heterocycles. The predicted octanol–water partition coefficient (Wildman–Crippen LogP) is 4.86. The number of ether oxygens (including phenoxy) is 1. The summed E-state index contributed by atoms with van der Waals surface area (Å²) in [6, 6.07) is 14.7. The highest BCUT2D eigenvalue weighted by Gasteiger charge is 2.28. The Morgan fingerprint density at radius 2 is 1.73 bits per heavy atom. The summed E-state index contributed by atoms with van der Waals surface area (Å²) in [6.45, 7) is 7.44. The van der Waals surface area contributed by atoms with E-state index < -0.39 is 17.8 Å². The number of carboxylic acids is 1. The van der Waals surface area contributed by atoms with E-state index in [4.69, 9.17) is 4.74 Å². The van der Waals surface area contributed by atoms with Gasteiger partial charge in [-0.25, -0.2) is 0 Å². The zero-order valence-corrected chi connectivity index (χ0v) is 15.7. The predicted molar refractivity (Wildman–Crippen MR) is 102 cm³/mol. The van der Waals surface area contributed by atoms with E-state index in [9.17, 15) is 14.7 Å². The van der Waals surface area contributed by atoms with Crippen molar-refractivity contribution in [3.63, 3.8) is 0 Å². The fourth-order valence-electron chi connectivity index (χ4n) is 3.00. The van der Waals surface area contributed by atoms with Crippen molar-refractivity contribution in [2.45, 2.75) is 46.1 Å². The van der Waals surface area contributed by atoms with Crippen LogP contribution >= 0.6 is 0 Å². The highest BCUT2D eigenvalue weighted by molar-refractivity contribution is 6.01. The maximum absolute atomic E-state index is 13.2. The molecule has 0 bridgehead atoms. The van der Waals surface area contributed by atoms with E-state index in [0.717, 1.165) is 11.1 Å². The molecular formula is C22H26O4. The van der Waals surface area contributed by atoms with Gasteiger partial charge >= 0.3 is 5.97 Å². The monoisotopic (exact) mass is 354 g/mol. The summed E-state index contributed by atoms with van der Waals surface area (Å²) in [5.41, 5.74) is 2.40. The average Bonchev–Trinajstić information content (AvgIpc) is 2.59. The molecule has 2 unspecified atom stereocenters. The first kappa shape index (κ1) is 19.7. The molecule has 2 aromatic rings. The molecule has 1 N–H and O–H groups in total. The molecule has 2 rings (SSSR count). The van der Waals surface area contributed by atoms with Gasteiger partial charge in [0.1, 0.15) is 5.75 Å². The van der Waals surface area contributed by atoms with Crippen molar-refractivity contribution in [2.75, 3.05) is 0 Å². The lowest BCUT2D eigenvalue weighted by Crippen LogP contribution is -2.21. The minimum absolute atomic E-state index is 0.0135. The molecule has 0 amide bonds. The van der Waals surface area contributed by atoms with Gasteiger partial charge in [0.2, 0.25) is 0 Å². The summed E-state index contributed by atoms with van der Waals surface area (Å²) in [4.78, 5) is 24.6. The van der Waals surface area contributed by atoms with Crippen molar-refractivity contribution in [3.8, 4) is 5.75 Å². The number of benzene rings is 2. The lowest BCUT2D eigenvalue weighted by molar-refractivity contribution is -0.141. The molecule has 0 aliphatic rings. The Hall–Kier alpha value is -2.62. The standard InChI is InChI=1S/C22H26O4/c1-14(2)26-18-10-7-9-17(13-18)21(23)20(12-16(4)22(24)25)19-11-6-5-8-15(19)3/h5-11,13-14,16,20H,12H2,1-4H3,(H,24,25). The van der Waals surface area contributed by atoms with Gasteiger partial charge in [0.25, 0.3) is 0 Å². The number of ketones is 1. The quantitative estimate of drug-likeness (QED) is 0.688. The fourth-order valence-corrected chi connectivity index (χ4v) is 3.00. The third-order valence-corrected chi connectivity index (χ3v) is 4.38. The molecule has 0 saturated carbocycles. The number of carbonyl (C=O) groups excluding carboxylic acids is 1. The van der Waals surface area contributed by atoms with Crippen LogP contribution in [0.4, 0.5) is 0 Å². The van der Waals surface area contributed by atoms with E-state index in [0.29, 0.717) is 11.3 Å². The van der Waals surface area contributed by atoms with Crippen LogP contribution < -0.4 is 4.74 Å². The second-order valence-corrected chi connectivity index (χ2v) is 6.94. The maximum Gasteiger partial charge on any atom is 0.306 e. The molecule has 0 radical (unpaired) electrons. The second kappa shape index (κ2) is 8.65. The third kappa shape index (κ3) is 4.94. The van der Waals surface area contributed by atoms with Gasteiger partial charge in [-0.2, -0.15) is 0 Å². The van der Waals surface area contributed by atoms with Crippen molar-refractivity contribution in [2.24, 2.45) is 5.92 Å². The Kier molecular flexibility index (Phi) is 6.56. The van der Waals surface area contributed by atoms with Crippen LogP contribution in [0.15, 0.2) is 48.5 Å². The van der Waals surface area contributed by atoms with Gasteiger partial charge < -0.3 is 9.84 Å². The number of carbonyl (C=O) groups is 2. The number of hydrogen-bond donors (Lipinski definition) is 1. The Bertz CT molecular complexity index is 779. The molecule has 4 nitrogen and oxygen atoms in total. The zero-order chi connectivity index (χ0) is 19.3. The number of carboxylic acid groups (broad SMARTS) is 1. The zero-order valence-electron chi connectivity index (χ0n) is 15.7. The Morgan fingerprint density at radius 3 is 2.35 bits per heavy atom. The van der Waals surface area contributed by atoms with E-state index in [-0.39, 0.29) is 18.3 Å². The van der Waals surface area contributed by atoms with Gasteiger partial charge in [0.05, 0.1) is 12.0 Å². The molecule has 0 spiro atoms. The molecule has 0 fully saturated rings. The smallest absolute Gasteiger partial charge is 0.306 e. The molecule has 26 heavy (non-hydrogen) atoms. The molecule has 138 valence electrons. The van der Waals surface area contributed by atoms with Crippen molar-refractivity contribution in [3.05, 3.63) is 65.2 Å². The minimum Gasteiger partial charge on any atom is -0.491 e. The van der Waals surface area contributed by atoms with Crippen LogP contribution in [0.5, 0.6) is 5.75 Å². The molecular weight excluding hydrogens is 328 g/mol. The fraction of sp³-hybridized carbons (Fsp3) is 0.364. The summed E-state index contributed by atoms with van der Waals surface area (Å²) in [7, 11) is 0. The molecule has 0 aliphatic heterocycles. The lowest BCUT2D eigenvalue weighted by atomic mass is 9.82. The molecule has 2 atom stereocenters. The van der Waals surface area contributed by atoms with E-state index in [1.54, 1.807) is 25.1 Å². The van der Waals surface area contributed by atoms with E-state index >= 15 is 0 Å². The SMILES string of the molecule is Cc1ccccc1C(CC(C)C(=O)O)C(=O)c1cccc(OC(C)C)c1. The Labute approximate surface area is 154 Å². The third-order valence-electron chi connectivity index (χ3n) is 4.38. The van der Waals surface area contributed by atoms with Crippen LogP contribution in [0, 0.1) is 12.8 Å². The molecule has 0 aliphatic carbocycles. The normalized spacial score (nSPS) is 13.3. The van der Waals surface area contributed by atoms with Crippen LogP contribution in [-0.4, -0.2) is 23.0 Å². The van der Waals surface area contributed by atoms with Gasteiger partial charge in [-0.05, 0) is 50.5 Å². The van der Waals surface area contributed by atoms with Gasteiger partial charge in [0.15, 0.2) is 5.78 Å². The van der Waals surface area contributed by atoms with E-state index in [2.05, 4.69) is 0 Å². The highest BCUT2D eigenvalue weighted by Crippen LogP contribution is 2.31. The molecule has 0 aromatic heterocycles. The van der Waals surface area contributed by atoms with Crippen molar-refractivity contribution in [1.29, 1.82) is 0 Å². The molecule has 2 aromatic carbocycles. The van der Waals surface area contributed by atoms with Gasteiger partial charge in [-0.1, -0.05) is 43.3 Å². The number of rotatable bonds is 8. The first-order valence-corrected chi connectivity index (χ1v) is 8.88. The lowest BCUT2D eigenvalue weighted by Gasteiger charge is -2.21. The number of Topliss-reactive ketones (excluding diaryl/α,β-unsaturated/α-hetero) is 1. The first-order chi connectivity index (χ1) is 12.3. The summed E-state index contributed by atoms with van der Waals surface area (Å²) < 4.78 is 5.69. The van der Waals surface area contributed by atoms with Crippen molar-refractivity contribution >= 4 is 11.8 Å². The summed E-state index contributed by atoms with van der Waals surface area (Å²) in [6.07, 6.45) is 0.272. The minimum atomic E-state index is -0.895. The second-order valence-electron chi connectivity index (χ2n) is 6.94. The van der Waals surface area contributed by atoms with Crippen molar-refractivity contribution in [1.82, 2.24) is 0 Å². The maximum atomic E-state index is 13.2. The summed E-state index contributed by atoms with van der Waals surface area (Å²) in [5, 5.41) is 9.31. The van der Waals surface area contributed by atoms with Crippen LogP contribution in [0.25, 0.3) is 0 Å². The summed E-state index contributed by atoms with van der Waals surface area (Å²) in [5.74, 6) is -1.45. The van der Waals surface area contributed by atoms with E-state index in [1.807, 2.05) is 51.1 Å². The largest absolute Gasteiger partial charge is 0.491 e. The van der Waals surface area contributed by atoms with Crippen LogP contribution in [-0.2, 0) is 4.79 Å². The van der Waals surface area contributed by atoms with Gasteiger partial charge in [0, 0.05) is 11.5 Å². The van der Waals surface area contributed by atoms with Crippen molar-refractivity contribution < 1.29 is 19.4 Å². The van der Waals surface area contributed by atoms with Crippen LogP contribution in [0.3, 0.4) is 0 Å². The number of hydrogen-bond acceptors (Lipinski definition) is 3. The topological polar surface area (TPSA) is 63.6 Å². The molecule has 0 heterocycles. The molecule has 4 heteroatoms. The van der Waals surface area contributed by atoms with Gasteiger partial charge in [-0.15, -0.1) is 0 Å². The van der Waals surface area contributed by atoms with Crippen LogP contribution in [0.1, 0.15) is 54.6 Å². The Morgan fingerprint density at radius 1 is 1.04 bits per heavy atom. The first-order valence-electron chi connectivity index (χ1n) is 8.88. The highest BCUT2D eigenvalue weighted by atomic mass is 16.5. The average molecular weight is 354 g/mol. The number of aryl methyl sites for hydroxylation is 1. The van der Waals surface area contributed by atoms with Gasteiger partial charge in [-0.3, -0.25) is 9.59 Å².